The van der Waals surface area contributed by atoms with E-state index in [1.165, 1.54) is 19.3 Å². The van der Waals surface area contributed by atoms with E-state index in [0.29, 0.717) is 24.7 Å². The number of likely N-dealkylation sites (tertiary alicyclic amines) is 1. The van der Waals surface area contributed by atoms with Gasteiger partial charge in [0.2, 0.25) is 5.91 Å². The van der Waals surface area contributed by atoms with Gasteiger partial charge in [0.15, 0.2) is 5.69 Å². The third-order valence-corrected chi connectivity index (χ3v) is 5.88. The Bertz CT molecular complexity index is 611. The van der Waals surface area contributed by atoms with Gasteiger partial charge in [-0.2, -0.15) is 0 Å². The highest BCUT2D eigenvalue weighted by Gasteiger charge is 2.30. The van der Waals surface area contributed by atoms with Crippen LogP contribution in [0, 0.1) is 5.92 Å². The van der Waals surface area contributed by atoms with E-state index in [4.69, 9.17) is 0 Å². The molecule has 0 radical (unpaired) electrons. The van der Waals surface area contributed by atoms with Gasteiger partial charge in [-0.05, 0) is 39.5 Å². The second-order valence-corrected chi connectivity index (χ2v) is 7.45. The van der Waals surface area contributed by atoms with Gasteiger partial charge in [-0.15, -0.1) is 5.10 Å². The monoisotopic (exact) mass is 361 g/mol. The Morgan fingerprint density at radius 2 is 1.73 bits per heavy atom. The lowest BCUT2D eigenvalue weighted by atomic mass is 9.87. The first-order valence-electron chi connectivity index (χ1n) is 10.1. The first-order valence-corrected chi connectivity index (χ1v) is 10.1. The highest BCUT2D eigenvalue weighted by Crippen LogP contribution is 2.28. The van der Waals surface area contributed by atoms with Gasteiger partial charge in [-0.1, -0.05) is 24.5 Å². The number of amides is 2. The lowest BCUT2D eigenvalue weighted by Gasteiger charge is -2.35. The second-order valence-electron chi connectivity index (χ2n) is 7.45. The first-order chi connectivity index (χ1) is 12.6. The molecule has 2 amide bonds. The van der Waals surface area contributed by atoms with Gasteiger partial charge >= 0.3 is 0 Å². The van der Waals surface area contributed by atoms with Gasteiger partial charge in [0.1, 0.15) is 0 Å². The van der Waals surface area contributed by atoms with E-state index in [2.05, 4.69) is 10.3 Å². The van der Waals surface area contributed by atoms with Crippen LogP contribution >= 0.6 is 0 Å². The zero-order valence-corrected chi connectivity index (χ0v) is 16.1. The van der Waals surface area contributed by atoms with Crippen LogP contribution in [0.3, 0.4) is 0 Å². The molecule has 0 aromatic carbocycles. The van der Waals surface area contributed by atoms with Gasteiger partial charge in [0.05, 0.1) is 12.2 Å². The molecule has 1 saturated carbocycles. The highest BCUT2D eigenvalue weighted by atomic mass is 16.2. The maximum absolute atomic E-state index is 12.7. The topological polar surface area (TPSA) is 71.3 Å². The van der Waals surface area contributed by atoms with Gasteiger partial charge in [0.25, 0.3) is 5.91 Å². The molecule has 1 aromatic rings. The van der Waals surface area contributed by atoms with Crippen LogP contribution in [0.4, 0.5) is 0 Å². The fourth-order valence-electron chi connectivity index (χ4n) is 4.18. The predicted molar refractivity (Wildman–Crippen MR) is 98.7 cm³/mol. The predicted octanol–water partition coefficient (Wildman–Crippen LogP) is 2.50. The number of carbonyl (C=O) groups is 2. The van der Waals surface area contributed by atoms with Crippen LogP contribution < -0.4 is 0 Å². The van der Waals surface area contributed by atoms with E-state index in [1.807, 2.05) is 23.4 Å². The average Bonchev–Trinajstić information content (AvgIpc) is 3.19. The van der Waals surface area contributed by atoms with Crippen LogP contribution in [0.25, 0.3) is 0 Å². The first kappa shape index (κ1) is 18.9. The Labute approximate surface area is 155 Å². The summed E-state index contributed by atoms with van der Waals surface area (Å²) < 4.78 is 1.82. The fourth-order valence-corrected chi connectivity index (χ4v) is 4.18. The van der Waals surface area contributed by atoms with Crippen molar-refractivity contribution in [1.29, 1.82) is 0 Å². The standard InChI is InChI=1S/C19H31N5O2/c1-3-22(4-2)19(26)17-14-24(21-20-17)16-10-12-23(13-11-16)18(25)15-8-6-5-7-9-15/h14-16H,3-13H2,1-2H3. The SMILES string of the molecule is CCN(CC)C(=O)c1cn(C2CCN(C(=O)C3CCCCC3)CC2)nn1. The van der Waals surface area contributed by atoms with E-state index in [0.717, 1.165) is 38.8 Å². The zero-order valence-electron chi connectivity index (χ0n) is 16.1. The summed E-state index contributed by atoms with van der Waals surface area (Å²) in [5, 5.41) is 8.26. The Morgan fingerprint density at radius 1 is 1.08 bits per heavy atom. The quantitative estimate of drug-likeness (QED) is 0.808. The van der Waals surface area contributed by atoms with Gasteiger partial charge in [-0.3, -0.25) is 9.59 Å². The number of nitrogens with zero attached hydrogens (tertiary/aromatic N) is 5. The molecule has 2 fully saturated rings. The third-order valence-electron chi connectivity index (χ3n) is 5.88. The van der Waals surface area contributed by atoms with Crippen molar-refractivity contribution in [2.75, 3.05) is 26.2 Å². The molecule has 3 rings (SSSR count). The number of hydrogen-bond acceptors (Lipinski definition) is 4. The van der Waals surface area contributed by atoms with Crippen molar-refractivity contribution in [2.24, 2.45) is 5.92 Å². The minimum Gasteiger partial charge on any atom is -0.342 e. The summed E-state index contributed by atoms with van der Waals surface area (Å²) in [7, 11) is 0. The molecule has 0 spiro atoms. The fraction of sp³-hybridized carbons (Fsp3) is 0.789. The molecule has 0 atom stereocenters. The Kier molecular flexibility index (Phi) is 6.27. The summed E-state index contributed by atoms with van der Waals surface area (Å²) in [4.78, 5) is 28.8. The number of hydrogen-bond donors (Lipinski definition) is 0. The van der Waals surface area contributed by atoms with E-state index in [9.17, 15) is 9.59 Å². The Balaban J connectivity index is 1.55. The smallest absolute Gasteiger partial charge is 0.276 e. The molecule has 144 valence electrons. The van der Waals surface area contributed by atoms with Crippen LogP contribution in [0.2, 0.25) is 0 Å². The van der Waals surface area contributed by atoms with E-state index < -0.39 is 0 Å². The minimum absolute atomic E-state index is 0.0637. The molecule has 7 heteroatoms. The van der Waals surface area contributed by atoms with Crippen molar-refractivity contribution in [3.8, 4) is 0 Å². The summed E-state index contributed by atoms with van der Waals surface area (Å²) in [6.07, 6.45) is 9.28. The molecule has 2 aliphatic rings. The van der Waals surface area contributed by atoms with E-state index in [1.54, 1.807) is 11.1 Å². The number of rotatable bonds is 5. The van der Waals surface area contributed by atoms with Crippen molar-refractivity contribution < 1.29 is 9.59 Å². The molecule has 0 bridgehead atoms. The van der Waals surface area contributed by atoms with Gasteiger partial charge < -0.3 is 9.80 Å². The van der Waals surface area contributed by atoms with Crippen LogP contribution in [0.1, 0.15) is 75.3 Å². The third kappa shape index (κ3) is 4.07. The molecular formula is C19H31N5O2. The molecule has 1 saturated heterocycles. The summed E-state index contributed by atoms with van der Waals surface area (Å²) in [6.45, 7) is 6.82. The van der Waals surface area contributed by atoms with E-state index >= 15 is 0 Å². The lowest BCUT2D eigenvalue weighted by Crippen LogP contribution is -2.42. The molecule has 2 heterocycles. The summed E-state index contributed by atoms with van der Waals surface area (Å²) in [6, 6.07) is 0.219. The largest absolute Gasteiger partial charge is 0.342 e. The number of carbonyl (C=O) groups excluding carboxylic acids is 2. The molecule has 0 unspecified atom stereocenters. The van der Waals surface area contributed by atoms with Crippen molar-refractivity contribution >= 4 is 11.8 Å². The van der Waals surface area contributed by atoms with Crippen molar-refractivity contribution in [1.82, 2.24) is 24.8 Å². The van der Waals surface area contributed by atoms with Gasteiger partial charge in [-0.25, -0.2) is 4.68 Å². The number of aromatic nitrogens is 3. The normalized spacial score (nSPS) is 19.5. The maximum atomic E-state index is 12.7. The molecule has 1 aromatic heterocycles. The number of piperidine rings is 1. The molecular weight excluding hydrogens is 330 g/mol. The molecule has 1 aliphatic heterocycles. The van der Waals surface area contributed by atoms with E-state index in [-0.39, 0.29) is 17.9 Å². The van der Waals surface area contributed by atoms with Crippen LogP contribution in [-0.2, 0) is 4.79 Å². The second kappa shape index (κ2) is 8.64. The lowest BCUT2D eigenvalue weighted by molar-refractivity contribution is -0.137. The molecule has 7 nitrogen and oxygen atoms in total. The van der Waals surface area contributed by atoms with Gasteiger partial charge in [0, 0.05) is 32.1 Å². The molecule has 0 N–H and O–H groups in total. The Morgan fingerprint density at radius 3 is 2.35 bits per heavy atom. The van der Waals surface area contributed by atoms with Crippen molar-refractivity contribution in [3.63, 3.8) is 0 Å². The van der Waals surface area contributed by atoms with Crippen LogP contribution in [-0.4, -0.2) is 62.8 Å². The summed E-state index contributed by atoms with van der Waals surface area (Å²) in [5.41, 5.74) is 0.411. The van der Waals surface area contributed by atoms with Crippen molar-refractivity contribution in [2.45, 2.75) is 64.8 Å². The highest BCUT2D eigenvalue weighted by molar-refractivity contribution is 5.91. The molecule has 26 heavy (non-hydrogen) atoms. The summed E-state index contributed by atoms with van der Waals surface area (Å²) in [5.74, 6) is 0.523. The zero-order chi connectivity index (χ0) is 18.5. The van der Waals surface area contributed by atoms with Crippen LogP contribution in [0.15, 0.2) is 6.20 Å². The minimum atomic E-state index is -0.0637. The molecule has 1 aliphatic carbocycles. The van der Waals surface area contributed by atoms with Crippen molar-refractivity contribution in [3.05, 3.63) is 11.9 Å². The maximum Gasteiger partial charge on any atom is 0.276 e. The van der Waals surface area contributed by atoms with Crippen LogP contribution in [0.5, 0.6) is 0 Å². The average molecular weight is 361 g/mol. The Hall–Kier alpha value is -1.92. The summed E-state index contributed by atoms with van der Waals surface area (Å²) >= 11 is 0.